The molecule has 0 unspecified atom stereocenters. The molecule has 1 saturated heterocycles. The molecule has 2 amide bonds. The van der Waals surface area contributed by atoms with Crippen molar-refractivity contribution in [3.63, 3.8) is 0 Å². The number of hydrogen-bond acceptors (Lipinski definition) is 5. The summed E-state index contributed by atoms with van der Waals surface area (Å²) in [6.07, 6.45) is 2.10. The minimum Gasteiger partial charge on any atom is -0.490 e. The van der Waals surface area contributed by atoms with Crippen molar-refractivity contribution < 1.29 is 19.1 Å². The Morgan fingerprint density at radius 3 is 2.48 bits per heavy atom. The van der Waals surface area contributed by atoms with Crippen molar-refractivity contribution in [2.75, 3.05) is 38.7 Å². The number of nitrogens with zero attached hydrogens (tertiary/aromatic N) is 1. The van der Waals surface area contributed by atoms with Crippen LogP contribution >= 0.6 is 28.1 Å². The standard InChI is InChI=1S/C22H24BrN3O4S/c1-29-12-13-30-19-9-6-16(23)14-18(19)20(27)25-22(31)24-17-7-4-15(5-8-17)21(28)26-10-2-3-11-26/h4-9,14H,2-3,10-13H2,1H3,(H2,24,25,27,31). The summed E-state index contributed by atoms with van der Waals surface area (Å²) >= 11 is 8.65. The van der Waals surface area contributed by atoms with Gasteiger partial charge in [0.05, 0.1) is 12.2 Å². The van der Waals surface area contributed by atoms with Gasteiger partial charge in [0, 0.05) is 35.9 Å². The molecule has 164 valence electrons. The Hall–Kier alpha value is -2.49. The number of halogens is 1. The summed E-state index contributed by atoms with van der Waals surface area (Å²) in [6.45, 7) is 2.35. The number of rotatable bonds is 7. The minimum absolute atomic E-state index is 0.0376. The number of thiocarbonyl (C=S) groups is 1. The number of carbonyl (C=O) groups excluding carboxylic acids is 2. The van der Waals surface area contributed by atoms with E-state index in [0.717, 1.165) is 30.4 Å². The number of benzene rings is 2. The molecule has 1 heterocycles. The van der Waals surface area contributed by atoms with E-state index in [1.807, 2.05) is 4.90 Å². The fourth-order valence-corrected chi connectivity index (χ4v) is 3.74. The van der Waals surface area contributed by atoms with Crippen LogP contribution in [0.3, 0.4) is 0 Å². The molecule has 0 spiro atoms. The quantitative estimate of drug-likeness (QED) is 0.439. The third-order valence-electron chi connectivity index (χ3n) is 4.74. The van der Waals surface area contributed by atoms with E-state index in [0.29, 0.717) is 35.8 Å². The van der Waals surface area contributed by atoms with Crippen LogP contribution in [-0.4, -0.2) is 55.2 Å². The van der Waals surface area contributed by atoms with Crippen LogP contribution in [0, 0.1) is 0 Å². The summed E-state index contributed by atoms with van der Waals surface area (Å²) < 4.78 is 11.4. The van der Waals surface area contributed by atoms with Crippen LogP contribution < -0.4 is 15.4 Å². The zero-order valence-corrected chi connectivity index (χ0v) is 19.6. The first-order chi connectivity index (χ1) is 15.0. The van der Waals surface area contributed by atoms with Gasteiger partial charge in [-0.3, -0.25) is 14.9 Å². The fourth-order valence-electron chi connectivity index (χ4n) is 3.17. The number of amides is 2. The summed E-state index contributed by atoms with van der Waals surface area (Å²) in [5.74, 6) is 0.0768. The van der Waals surface area contributed by atoms with Crippen LogP contribution in [0.1, 0.15) is 33.6 Å². The number of carbonyl (C=O) groups is 2. The van der Waals surface area contributed by atoms with Crippen LogP contribution in [0.2, 0.25) is 0 Å². The lowest BCUT2D eigenvalue weighted by molar-refractivity contribution is 0.0792. The molecule has 0 aliphatic carbocycles. The lowest BCUT2D eigenvalue weighted by Crippen LogP contribution is -2.34. The third kappa shape index (κ3) is 6.49. The molecule has 2 aromatic rings. The lowest BCUT2D eigenvalue weighted by Gasteiger charge is -2.16. The minimum atomic E-state index is -0.396. The number of nitrogens with one attached hydrogen (secondary N) is 2. The van der Waals surface area contributed by atoms with Crippen LogP contribution in [0.15, 0.2) is 46.9 Å². The third-order valence-corrected chi connectivity index (χ3v) is 5.44. The Labute approximate surface area is 195 Å². The second kappa shape index (κ2) is 11.2. The molecule has 0 aromatic heterocycles. The SMILES string of the molecule is COCCOc1ccc(Br)cc1C(=O)NC(=S)Nc1ccc(C(=O)N2CCCC2)cc1. The zero-order chi connectivity index (χ0) is 22.2. The molecular weight excluding hydrogens is 482 g/mol. The first-order valence-corrected chi connectivity index (χ1v) is 11.1. The van der Waals surface area contributed by atoms with E-state index in [9.17, 15) is 9.59 Å². The van der Waals surface area contributed by atoms with Crippen molar-refractivity contribution in [2.45, 2.75) is 12.8 Å². The molecule has 1 aliphatic heterocycles. The monoisotopic (exact) mass is 505 g/mol. The molecule has 3 rings (SSSR count). The van der Waals surface area contributed by atoms with Gasteiger partial charge in [0.25, 0.3) is 11.8 Å². The van der Waals surface area contributed by atoms with Gasteiger partial charge in [0.15, 0.2) is 5.11 Å². The first-order valence-electron chi connectivity index (χ1n) is 9.91. The maximum atomic E-state index is 12.7. The lowest BCUT2D eigenvalue weighted by atomic mass is 10.2. The van der Waals surface area contributed by atoms with Crippen molar-refractivity contribution in [1.29, 1.82) is 0 Å². The van der Waals surface area contributed by atoms with Gasteiger partial charge < -0.3 is 19.7 Å². The van der Waals surface area contributed by atoms with E-state index in [-0.39, 0.29) is 11.0 Å². The predicted molar refractivity (Wildman–Crippen MR) is 127 cm³/mol. The molecule has 0 radical (unpaired) electrons. The summed E-state index contributed by atoms with van der Waals surface area (Å²) in [6, 6.07) is 12.2. The number of anilines is 1. The van der Waals surface area contributed by atoms with Gasteiger partial charge in [0.1, 0.15) is 12.4 Å². The Morgan fingerprint density at radius 2 is 1.81 bits per heavy atom. The molecule has 0 atom stereocenters. The van der Waals surface area contributed by atoms with Gasteiger partial charge in [-0.25, -0.2) is 0 Å². The number of likely N-dealkylation sites (tertiary alicyclic amines) is 1. The van der Waals surface area contributed by atoms with Crippen molar-refractivity contribution in [3.8, 4) is 5.75 Å². The predicted octanol–water partition coefficient (Wildman–Crippen LogP) is 3.84. The van der Waals surface area contributed by atoms with E-state index in [1.165, 1.54) is 0 Å². The molecule has 2 N–H and O–H groups in total. The van der Waals surface area contributed by atoms with Gasteiger partial charge in [0.2, 0.25) is 0 Å². The molecule has 1 fully saturated rings. The Morgan fingerprint density at radius 1 is 1.10 bits per heavy atom. The normalized spacial score (nSPS) is 13.0. The van der Waals surface area contributed by atoms with Crippen molar-refractivity contribution in [3.05, 3.63) is 58.1 Å². The average molecular weight is 506 g/mol. The smallest absolute Gasteiger partial charge is 0.261 e. The van der Waals surface area contributed by atoms with E-state index >= 15 is 0 Å². The van der Waals surface area contributed by atoms with E-state index < -0.39 is 5.91 Å². The van der Waals surface area contributed by atoms with E-state index in [4.69, 9.17) is 21.7 Å². The van der Waals surface area contributed by atoms with Crippen molar-refractivity contribution >= 4 is 50.8 Å². The highest BCUT2D eigenvalue weighted by Crippen LogP contribution is 2.23. The maximum Gasteiger partial charge on any atom is 0.261 e. The van der Waals surface area contributed by atoms with Gasteiger partial charge in [-0.2, -0.15) is 0 Å². The van der Waals surface area contributed by atoms with Crippen molar-refractivity contribution in [2.24, 2.45) is 0 Å². The van der Waals surface area contributed by atoms with Gasteiger partial charge in [-0.05, 0) is 67.5 Å². The molecule has 0 saturated carbocycles. The summed E-state index contributed by atoms with van der Waals surface area (Å²) in [5.41, 5.74) is 1.66. The molecule has 1 aliphatic rings. The second-order valence-corrected chi connectivity index (χ2v) is 8.29. The Bertz CT molecular complexity index is 946. The Balaban J connectivity index is 1.59. The van der Waals surface area contributed by atoms with Gasteiger partial charge >= 0.3 is 0 Å². The Kier molecular flexibility index (Phi) is 8.39. The van der Waals surface area contributed by atoms with Crippen LogP contribution in [-0.2, 0) is 4.74 Å². The van der Waals surface area contributed by atoms with Crippen LogP contribution in [0.25, 0.3) is 0 Å². The summed E-state index contributed by atoms with van der Waals surface area (Å²) in [7, 11) is 1.58. The van der Waals surface area contributed by atoms with Crippen molar-refractivity contribution in [1.82, 2.24) is 10.2 Å². The molecule has 2 aromatic carbocycles. The van der Waals surface area contributed by atoms with Gasteiger partial charge in [-0.1, -0.05) is 15.9 Å². The topological polar surface area (TPSA) is 79.9 Å². The molecule has 0 bridgehead atoms. The zero-order valence-electron chi connectivity index (χ0n) is 17.2. The molecule has 31 heavy (non-hydrogen) atoms. The maximum absolute atomic E-state index is 12.7. The highest BCUT2D eigenvalue weighted by Gasteiger charge is 2.19. The molecule has 9 heteroatoms. The second-order valence-electron chi connectivity index (χ2n) is 6.97. The largest absolute Gasteiger partial charge is 0.490 e. The highest BCUT2D eigenvalue weighted by atomic mass is 79.9. The van der Waals surface area contributed by atoms with Crippen LogP contribution in [0.5, 0.6) is 5.75 Å². The van der Waals surface area contributed by atoms with E-state index in [2.05, 4.69) is 26.6 Å². The number of ether oxygens (including phenoxy) is 2. The van der Waals surface area contributed by atoms with Gasteiger partial charge in [-0.15, -0.1) is 0 Å². The fraction of sp³-hybridized carbons (Fsp3) is 0.318. The van der Waals surface area contributed by atoms with Crippen LogP contribution in [0.4, 0.5) is 5.69 Å². The summed E-state index contributed by atoms with van der Waals surface area (Å²) in [5, 5.41) is 5.77. The summed E-state index contributed by atoms with van der Waals surface area (Å²) in [4.78, 5) is 27.0. The average Bonchev–Trinajstić information content (AvgIpc) is 3.30. The molecular formula is C22H24BrN3O4S. The first kappa shape index (κ1) is 23.2. The number of methoxy groups -OCH3 is 1. The number of hydrogen-bond donors (Lipinski definition) is 2. The highest BCUT2D eigenvalue weighted by molar-refractivity contribution is 9.10. The van der Waals surface area contributed by atoms with E-state index in [1.54, 1.807) is 49.6 Å². The molecule has 7 nitrogen and oxygen atoms in total.